The lowest BCUT2D eigenvalue weighted by molar-refractivity contribution is 0.101. The van der Waals surface area contributed by atoms with Crippen molar-refractivity contribution in [3.8, 4) is 0 Å². The fraction of sp³-hybridized carbons (Fsp3) is 0.571. The molecule has 1 unspecified atom stereocenters. The summed E-state index contributed by atoms with van der Waals surface area (Å²) >= 11 is 0. The zero-order chi connectivity index (χ0) is 14.5. The predicted molar refractivity (Wildman–Crippen MR) is 76.2 cm³/mol. The summed E-state index contributed by atoms with van der Waals surface area (Å²) in [5.74, 6) is -0.150. The molecule has 1 aromatic heterocycles. The third-order valence-corrected chi connectivity index (χ3v) is 3.71. The van der Waals surface area contributed by atoms with Gasteiger partial charge in [-0.15, -0.1) is 0 Å². The number of oxime groups is 1. The number of rotatable bonds is 5. The first-order valence-corrected chi connectivity index (χ1v) is 6.93. The van der Waals surface area contributed by atoms with Gasteiger partial charge in [-0.1, -0.05) is 5.16 Å². The van der Waals surface area contributed by atoms with Gasteiger partial charge in [0.2, 0.25) is 0 Å². The first kappa shape index (κ1) is 14.6. The molecule has 0 aliphatic carbocycles. The first-order chi connectivity index (χ1) is 9.63. The van der Waals surface area contributed by atoms with Crippen molar-refractivity contribution in [2.75, 3.05) is 6.61 Å². The highest BCUT2D eigenvalue weighted by atomic mass is 16.5. The number of ether oxygens (including phenoxy) is 1. The molecule has 0 aromatic carbocycles. The molecular formula is C14H21N3O3. The van der Waals surface area contributed by atoms with Crippen molar-refractivity contribution in [3.05, 3.63) is 33.7 Å². The Morgan fingerprint density at radius 3 is 3.05 bits per heavy atom. The van der Waals surface area contributed by atoms with E-state index in [0.717, 1.165) is 38.0 Å². The Morgan fingerprint density at radius 2 is 2.40 bits per heavy atom. The van der Waals surface area contributed by atoms with Crippen LogP contribution in [0.15, 0.2) is 22.1 Å². The minimum atomic E-state index is -0.215. The molecule has 1 aliphatic heterocycles. The lowest BCUT2D eigenvalue weighted by Gasteiger charge is -2.13. The second-order valence-corrected chi connectivity index (χ2v) is 5.11. The molecule has 0 spiro atoms. The average molecular weight is 279 g/mol. The van der Waals surface area contributed by atoms with E-state index in [0.29, 0.717) is 12.6 Å². The van der Waals surface area contributed by atoms with E-state index in [-0.39, 0.29) is 17.0 Å². The van der Waals surface area contributed by atoms with Gasteiger partial charge in [0, 0.05) is 18.8 Å². The molecule has 110 valence electrons. The van der Waals surface area contributed by atoms with Crippen LogP contribution in [-0.4, -0.2) is 28.3 Å². The minimum Gasteiger partial charge on any atom is -0.409 e. The molecule has 6 heteroatoms. The molecule has 1 atom stereocenters. The van der Waals surface area contributed by atoms with Crippen molar-refractivity contribution in [1.82, 2.24) is 4.57 Å². The number of hydrogen-bond donors (Lipinski definition) is 2. The number of aromatic nitrogens is 1. The number of nitrogens with zero attached hydrogens (tertiary/aromatic N) is 2. The van der Waals surface area contributed by atoms with Crippen molar-refractivity contribution in [1.29, 1.82) is 0 Å². The van der Waals surface area contributed by atoms with Crippen LogP contribution in [0.4, 0.5) is 0 Å². The molecule has 1 aliphatic rings. The second-order valence-electron chi connectivity index (χ2n) is 5.11. The molecule has 3 N–H and O–H groups in total. The fourth-order valence-corrected chi connectivity index (χ4v) is 2.55. The lowest BCUT2D eigenvalue weighted by Crippen LogP contribution is -2.31. The van der Waals surface area contributed by atoms with E-state index in [9.17, 15) is 4.79 Å². The number of nitrogens with two attached hydrogens (primary N) is 1. The SMILES string of the molecule is Cc1ccc(/C(N)=N/O)c(=O)n1CCCC1CCCO1. The van der Waals surface area contributed by atoms with Crippen molar-refractivity contribution >= 4 is 5.84 Å². The van der Waals surface area contributed by atoms with Crippen LogP contribution < -0.4 is 11.3 Å². The number of aryl methyl sites for hydroxylation is 1. The minimum absolute atomic E-state index is 0.150. The van der Waals surface area contributed by atoms with Crippen molar-refractivity contribution in [3.63, 3.8) is 0 Å². The van der Waals surface area contributed by atoms with Gasteiger partial charge in [0.05, 0.1) is 11.7 Å². The summed E-state index contributed by atoms with van der Waals surface area (Å²) in [4.78, 5) is 12.3. The largest absolute Gasteiger partial charge is 0.409 e. The zero-order valence-corrected chi connectivity index (χ0v) is 11.7. The van der Waals surface area contributed by atoms with Gasteiger partial charge < -0.3 is 20.2 Å². The highest BCUT2D eigenvalue weighted by molar-refractivity contribution is 5.96. The van der Waals surface area contributed by atoms with Gasteiger partial charge in [0.25, 0.3) is 5.56 Å². The molecular weight excluding hydrogens is 258 g/mol. The maximum atomic E-state index is 12.3. The van der Waals surface area contributed by atoms with Crippen molar-refractivity contribution < 1.29 is 9.94 Å². The highest BCUT2D eigenvalue weighted by Gasteiger charge is 2.15. The highest BCUT2D eigenvalue weighted by Crippen LogP contribution is 2.17. The first-order valence-electron chi connectivity index (χ1n) is 6.93. The van der Waals surface area contributed by atoms with Crippen LogP contribution in [0.3, 0.4) is 0 Å². The van der Waals surface area contributed by atoms with E-state index in [1.54, 1.807) is 16.7 Å². The lowest BCUT2D eigenvalue weighted by atomic mass is 10.1. The van der Waals surface area contributed by atoms with Crippen LogP contribution in [-0.2, 0) is 11.3 Å². The molecule has 0 bridgehead atoms. The quantitative estimate of drug-likeness (QED) is 0.367. The van der Waals surface area contributed by atoms with Gasteiger partial charge in [-0.25, -0.2) is 0 Å². The van der Waals surface area contributed by atoms with Gasteiger partial charge in [-0.05, 0) is 44.7 Å². The van der Waals surface area contributed by atoms with E-state index in [1.165, 1.54) is 0 Å². The molecule has 0 amide bonds. The van der Waals surface area contributed by atoms with Crippen LogP contribution in [0, 0.1) is 6.92 Å². The Morgan fingerprint density at radius 1 is 1.60 bits per heavy atom. The topological polar surface area (TPSA) is 89.8 Å². The third kappa shape index (κ3) is 3.19. The maximum Gasteiger partial charge on any atom is 0.261 e. The van der Waals surface area contributed by atoms with Crippen LogP contribution in [0.1, 0.15) is 36.9 Å². The Hall–Kier alpha value is -1.82. The van der Waals surface area contributed by atoms with Crippen molar-refractivity contribution in [2.45, 2.75) is 45.3 Å². The molecule has 1 saturated heterocycles. The summed E-state index contributed by atoms with van der Waals surface area (Å²) in [5, 5.41) is 11.6. The monoisotopic (exact) mass is 279 g/mol. The standard InChI is InChI=1S/C14H21N3O3/c1-10-6-7-12(13(15)16-19)14(18)17(10)8-2-4-11-5-3-9-20-11/h6-7,11,19H,2-5,8-9H2,1H3,(H2,15,16). The maximum absolute atomic E-state index is 12.3. The Balaban J connectivity index is 2.08. The average Bonchev–Trinajstić information content (AvgIpc) is 2.95. The van der Waals surface area contributed by atoms with Crippen LogP contribution >= 0.6 is 0 Å². The second kappa shape index (κ2) is 6.56. The van der Waals surface area contributed by atoms with Gasteiger partial charge in [-0.2, -0.15) is 0 Å². The Kier molecular flexibility index (Phi) is 4.79. The normalized spacial score (nSPS) is 19.4. The van der Waals surface area contributed by atoms with E-state index < -0.39 is 0 Å². The van der Waals surface area contributed by atoms with Crippen LogP contribution in [0.25, 0.3) is 0 Å². The molecule has 2 heterocycles. The zero-order valence-electron chi connectivity index (χ0n) is 11.7. The summed E-state index contributed by atoms with van der Waals surface area (Å²) in [7, 11) is 0. The Bertz CT molecular complexity index is 545. The van der Waals surface area contributed by atoms with Crippen LogP contribution in [0.2, 0.25) is 0 Å². The molecule has 1 aromatic rings. The molecule has 20 heavy (non-hydrogen) atoms. The van der Waals surface area contributed by atoms with Gasteiger partial charge in [0.15, 0.2) is 5.84 Å². The molecule has 6 nitrogen and oxygen atoms in total. The summed E-state index contributed by atoms with van der Waals surface area (Å²) in [6.45, 7) is 3.35. The number of hydrogen-bond acceptors (Lipinski definition) is 4. The summed E-state index contributed by atoms with van der Waals surface area (Å²) in [5.41, 5.74) is 6.40. The Labute approximate surface area is 117 Å². The molecule has 2 rings (SSSR count). The predicted octanol–water partition coefficient (Wildman–Crippen LogP) is 1.21. The van der Waals surface area contributed by atoms with E-state index in [4.69, 9.17) is 15.7 Å². The molecule has 0 radical (unpaired) electrons. The summed E-state index contributed by atoms with van der Waals surface area (Å²) < 4.78 is 7.24. The van der Waals surface area contributed by atoms with Gasteiger partial charge in [0.1, 0.15) is 0 Å². The number of pyridine rings is 1. The van der Waals surface area contributed by atoms with Gasteiger partial charge >= 0.3 is 0 Å². The fourth-order valence-electron chi connectivity index (χ4n) is 2.55. The van der Waals surface area contributed by atoms with Crippen LogP contribution in [0.5, 0.6) is 0 Å². The summed E-state index contributed by atoms with van der Waals surface area (Å²) in [6.07, 6.45) is 4.41. The van der Waals surface area contributed by atoms with Gasteiger partial charge in [-0.3, -0.25) is 4.79 Å². The molecule has 0 saturated carbocycles. The molecule has 1 fully saturated rings. The summed E-state index contributed by atoms with van der Waals surface area (Å²) in [6, 6.07) is 3.39. The van der Waals surface area contributed by atoms with Crippen molar-refractivity contribution in [2.24, 2.45) is 10.9 Å². The third-order valence-electron chi connectivity index (χ3n) is 3.71. The van der Waals surface area contributed by atoms with E-state index in [1.807, 2.05) is 6.92 Å². The smallest absolute Gasteiger partial charge is 0.261 e. The van der Waals surface area contributed by atoms with E-state index >= 15 is 0 Å². The number of amidine groups is 1. The van der Waals surface area contributed by atoms with E-state index in [2.05, 4.69) is 5.16 Å².